The Morgan fingerprint density at radius 3 is 2.88 bits per heavy atom. The SMILES string of the molecule is COc1ccc(C)cc1N1CC(C(=O)Nc2nnc(C3CC3)s2)CC1=O. The van der Waals surface area contributed by atoms with E-state index < -0.39 is 5.92 Å². The molecule has 1 aliphatic carbocycles. The fourth-order valence-electron chi connectivity index (χ4n) is 3.11. The molecule has 1 aliphatic heterocycles. The molecule has 0 spiro atoms. The van der Waals surface area contributed by atoms with E-state index in [2.05, 4.69) is 15.5 Å². The topological polar surface area (TPSA) is 84.4 Å². The third kappa shape index (κ3) is 3.29. The number of rotatable bonds is 5. The average molecular weight is 372 g/mol. The number of aromatic nitrogens is 2. The zero-order chi connectivity index (χ0) is 18.3. The van der Waals surface area contributed by atoms with E-state index in [4.69, 9.17) is 4.74 Å². The van der Waals surface area contributed by atoms with Crippen molar-refractivity contribution in [3.63, 3.8) is 0 Å². The van der Waals surface area contributed by atoms with Crippen LogP contribution < -0.4 is 15.0 Å². The highest BCUT2D eigenvalue weighted by molar-refractivity contribution is 7.15. The van der Waals surface area contributed by atoms with Crippen molar-refractivity contribution in [3.05, 3.63) is 28.8 Å². The van der Waals surface area contributed by atoms with E-state index in [0.29, 0.717) is 29.0 Å². The summed E-state index contributed by atoms with van der Waals surface area (Å²) in [6.07, 6.45) is 2.47. The number of aryl methyl sites for hydroxylation is 1. The van der Waals surface area contributed by atoms with Crippen LogP contribution in [-0.2, 0) is 9.59 Å². The lowest BCUT2D eigenvalue weighted by Gasteiger charge is -2.20. The summed E-state index contributed by atoms with van der Waals surface area (Å²) in [5.41, 5.74) is 1.74. The fraction of sp³-hybridized carbons (Fsp3) is 0.444. The van der Waals surface area contributed by atoms with Gasteiger partial charge in [0.05, 0.1) is 18.7 Å². The molecule has 1 unspecified atom stereocenters. The van der Waals surface area contributed by atoms with E-state index >= 15 is 0 Å². The number of benzene rings is 1. The Balaban J connectivity index is 1.46. The molecule has 1 N–H and O–H groups in total. The van der Waals surface area contributed by atoms with Gasteiger partial charge in [0, 0.05) is 18.9 Å². The van der Waals surface area contributed by atoms with Gasteiger partial charge in [0.2, 0.25) is 16.9 Å². The van der Waals surface area contributed by atoms with Crippen molar-refractivity contribution < 1.29 is 14.3 Å². The van der Waals surface area contributed by atoms with Crippen molar-refractivity contribution in [3.8, 4) is 5.75 Å². The molecule has 1 saturated heterocycles. The van der Waals surface area contributed by atoms with Gasteiger partial charge in [0.15, 0.2) is 0 Å². The number of hydrogen-bond donors (Lipinski definition) is 1. The normalized spacial score (nSPS) is 19.7. The van der Waals surface area contributed by atoms with Crippen LogP contribution in [0.1, 0.15) is 35.8 Å². The summed E-state index contributed by atoms with van der Waals surface area (Å²) in [5.74, 6) is 0.454. The van der Waals surface area contributed by atoms with E-state index in [-0.39, 0.29) is 18.2 Å². The van der Waals surface area contributed by atoms with E-state index in [9.17, 15) is 9.59 Å². The van der Waals surface area contributed by atoms with Gasteiger partial charge >= 0.3 is 0 Å². The largest absolute Gasteiger partial charge is 0.495 e. The first-order chi connectivity index (χ1) is 12.5. The quantitative estimate of drug-likeness (QED) is 0.872. The van der Waals surface area contributed by atoms with Crippen LogP contribution in [-0.4, -0.2) is 35.7 Å². The van der Waals surface area contributed by atoms with Gasteiger partial charge in [-0.25, -0.2) is 0 Å². The van der Waals surface area contributed by atoms with Gasteiger partial charge in [-0.1, -0.05) is 17.4 Å². The summed E-state index contributed by atoms with van der Waals surface area (Å²) in [6, 6.07) is 5.68. The van der Waals surface area contributed by atoms with Gasteiger partial charge in [0.25, 0.3) is 0 Å². The van der Waals surface area contributed by atoms with Crippen molar-refractivity contribution in [2.45, 2.75) is 32.1 Å². The predicted molar refractivity (Wildman–Crippen MR) is 98.7 cm³/mol. The second-order valence-corrected chi connectivity index (χ2v) is 7.80. The highest BCUT2D eigenvalue weighted by Crippen LogP contribution is 2.42. The minimum atomic E-state index is -0.416. The van der Waals surface area contributed by atoms with Crippen LogP contribution >= 0.6 is 11.3 Å². The number of hydrogen-bond acceptors (Lipinski definition) is 6. The number of ether oxygens (including phenoxy) is 1. The maximum Gasteiger partial charge on any atom is 0.231 e. The second-order valence-electron chi connectivity index (χ2n) is 6.79. The van der Waals surface area contributed by atoms with Crippen molar-refractivity contribution in [1.82, 2.24) is 10.2 Å². The highest BCUT2D eigenvalue weighted by Gasteiger charge is 2.37. The highest BCUT2D eigenvalue weighted by atomic mass is 32.1. The Hall–Kier alpha value is -2.48. The molecule has 1 aromatic carbocycles. The smallest absolute Gasteiger partial charge is 0.231 e. The van der Waals surface area contributed by atoms with Crippen LogP contribution in [0.2, 0.25) is 0 Å². The minimum Gasteiger partial charge on any atom is -0.495 e. The molecule has 0 bridgehead atoms. The molecule has 7 nitrogen and oxygen atoms in total. The first-order valence-electron chi connectivity index (χ1n) is 8.64. The monoisotopic (exact) mass is 372 g/mol. The molecule has 4 rings (SSSR count). The standard InChI is InChI=1S/C18H20N4O3S/c1-10-3-6-14(25-2)13(7-10)22-9-12(8-15(22)23)16(24)19-18-21-20-17(26-18)11-4-5-11/h3,6-7,11-12H,4-5,8-9H2,1-2H3,(H,19,21,24). The lowest BCUT2D eigenvalue weighted by molar-refractivity contribution is -0.122. The second kappa shape index (κ2) is 6.68. The molecule has 8 heteroatoms. The molecule has 1 atom stereocenters. The van der Waals surface area contributed by atoms with Crippen molar-refractivity contribution in [1.29, 1.82) is 0 Å². The minimum absolute atomic E-state index is 0.0787. The van der Waals surface area contributed by atoms with Crippen LogP contribution in [0.25, 0.3) is 0 Å². The maximum absolute atomic E-state index is 12.6. The molecular formula is C18H20N4O3S. The number of nitrogens with zero attached hydrogens (tertiary/aromatic N) is 3. The predicted octanol–water partition coefficient (Wildman–Crippen LogP) is 2.72. The first kappa shape index (κ1) is 17.0. The summed E-state index contributed by atoms with van der Waals surface area (Å²) >= 11 is 1.42. The Kier molecular flexibility index (Phi) is 4.36. The number of nitrogens with one attached hydrogen (secondary N) is 1. The summed E-state index contributed by atoms with van der Waals surface area (Å²) in [4.78, 5) is 26.7. The third-order valence-corrected chi connectivity index (χ3v) is 5.72. The van der Waals surface area contributed by atoms with Gasteiger partial charge in [-0.05, 0) is 37.5 Å². The Morgan fingerprint density at radius 2 is 2.15 bits per heavy atom. The van der Waals surface area contributed by atoms with E-state index in [1.54, 1.807) is 12.0 Å². The number of amides is 2. The summed E-state index contributed by atoms with van der Waals surface area (Å²) in [5, 5.41) is 12.5. The van der Waals surface area contributed by atoms with Gasteiger partial charge < -0.3 is 15.0 Å². The molecule has 0 radical (unpaired) electrons. The van der Waals surface area contributed by atoms with Gasteiger partial charge in [-0.3, -0.25) is 9.59 Å². The van der Waals surface area contributed by atoms with Crippen LogP contribution in [0.5, 0.6) is 5.75 Å². The van der Waals surface area contributed by atoms with Gasteiger partial charge in [-0.15, -0.1) is 10.2 Å². The van der Waals surface area contributed by atoms with E-state index in [1.165, 1.54) is 11.3 Å². The van der Waals surface area contributed by atoms with Crippen molar-refractivity contribution in [2.75, 3.05) is 23.9 Å². The number of anilines is 2. The lowest BCUT2D eigenvalue weighted by Crippen LogP contribution is -2.28. The maximum atomic E-state index is 12.6. The average Bonchev–Trinajstić information content (AvgIpc) is 3.25. The number of carbonyl (C=O) groups excluding carboxylic acids is 2. The first-order valence-corrected chi connectivity index (χ1v) is 9.46. The van der Waals surface area contributed by atoms with Gasteiger partial charge in [-0.2, -0.15) is 0 Å². The van der Waals surface area contributed by atoms with E-state index in [1.807, 2.05) is 25.1 Å². The molecule has 1 aromatic heterocycles. The molecule has 2 heterocycles. The fourth-order valence-corrected chi connectivity index (χ4v) is 4.03. The Morgan fingerprint density at radius 1 is 1.35 bits per heavy atom. The van der Waals surface area contributed by atoms with Crippen molar-refractivity contribution in [2.24, 2.45) is 5.92 Å². The Labute approximate surface area is 155 Å². The Bertz CT molecular complexity index is 862. The number of methoxy groups -OCH3 is 1. The molecule has 2 aliphatic rings. The molecule has 2 aromatic rings. The zero-order valence-electron chi connectivity index (χ0n) is 14.7. The summed E-state index contributed by atoms with van der Waals surface area (Å²) in [6.45, 7) is 2.29. The molecule has 136 valence electrons. The molecule has 2 fully saturated rings. The molecular weight excluding hydrogens is 352 g/mol. The third-order valence-electron chi connectivity index (χ3n) is 4.72. The van der Waals surface area contributed by atoms with Gasteiger partial charge in [0.1, 0.15) is 10.8 Å². The van der Waals surface area contributed by atoms with Crippen LogP contribution in [0.15, 0.2) is 18.2 Å². The van der Waals surface area contributed by atoms with Crippen LogP contribution in [0.4, 0.5) is 10.8 Å². The summed E-state index contributed by atoms with van der Waals surface area (Å²) in [7, 11) is 1.58. The summed E-state index contributed by atoms with van der Waals surface area (Å²) < 4.78 is 5.37. The molecule has 1 saturated carbocycles. The lowest BCUT2D eigenvalue weighted by atomic mass is 10.1. The van der Waals surface area contributed by atoms with Crippen molar-refractivity contribution >= 4 is 34.0 Å². The van der Waals surface area contributed by atoms with Crippen LogP contribution in [0.3, 0.4) is 0 Å². The molecule has 2 amide bonds. The number of carbonyl (C=O) groups is 2. The zero-order valence-corrected chi connectivity index (χ0v) is 15.5. The van der Waals surface area contributed by atoms with Crippen LogP contribution in [0, 0.1) is 12.8 Å². The molecule has 26 heavy (non-hydrogen) atoms. The van der Waals surface area contributed by atoms with E-state index in [0.717, 1.165) is 23.4 Å².